The second-order valence-corrected chi connectivity index (χ2v) is 6.64. The van der Waals surface area contributed by atoms with Crippen LogP contribution in [0.3, 0.4) is 0 Å². The Balaban J connectivity index is 4.70. The normalized spacial score (nSPS) is 15.8. The van der Waals surface area contributed by atoms with Gasteiger partial charge in [-0.2, -0.15) is 0 Å². The molecule has 0 aromatic rings. The highest BCUT2D eigenvalue weighted by molar-refractivity contribution is 7.89. The summed E-state index contributed by atoms with van der Waals surface area (Å²) in [7, 11) is -1.44. The summed E-state index contributed by atoms with van der Waals surface area (Å²) in [5.41, 5.74) is 0. The Morgan fingerprint density at radius 1 is 1.00 bits per heavy atom. The minimum absolute atomic E-state index is 0.0624. The predicted octanol–water partition coefficient (Wildman–Crippen LogP) is 1.70. The van der Waals surface area contributed by atoms with Gasteiger partial charge in [-0.15, -0.1) is 0 Å². The molecular formula is C9H21NO2S. The van der Waals surface area contributed by atoms with E-state index in [9.17, 15) is 8.42 Å². The fourth-order valence-electron chi connectivity index (χ4n) is 0.984. The summed E-state index contributed by atoms with van der Waals surface area (Å²) in [6.07, 6.45) is 0. The Hall–Kier alpha value is -0.0900. The maximum absolute atomic E-state index is 11.7. The van der Waals surface area contributed by atoms with E-state index in [1.807, 2.05) is 20.8 Å². The van der Waals surface area contributed by atoms with Gasteiger partial charge in [0.05, 0.1) is 5.25 Å². The summed E-state index contributed by atoms with van der Waals surface area (Å²) in [6.45, 7) is 9.40. The van der Waals surface area contributed by atoms with Gasteiger partial charge < -0.3 is 0 Å². The topological polar surface area (TPSA) is 37.4 Å². The molecule has 0 amide bonds. The summed E-state index contributed by atoms with van der Waals surface area (Å²) in [6, 6.07) is 0.0624. The van der Waals surface area contributed by atoms with Crippen LogP contribution in [-0.2, 0) is 10.0 Å². The molecule has 0 heterocycles. The molecule has 1 atom stereocenters. The second kappa shape index (κ2) is 4.42. The van der Waals surface area contributed by atoms with Crippen LogP contribution in [0.2, 0.25) is 0 Å². The van der Waals surface area contributed by atoms with Crippen LogP contribution in [0.1, 0.15) is 34.6 Å². The van der Waals surface area contributed by atoms with Crippen molar-refractivity contribution < 1.29 is 8.42 Å². The van der Waals surface area contributed by atoms with E-state index in [1.54, 1.807) is 20.9 Å². The molecule has 0 rings (SSSR count). The highest BCUT2D eigenvalue weighted by atomic mass is 32.2. The van der Waals surface area contributed by atoms with Gasteiger partial charge in [0.2, 0.25) is 10.0 Å². The van der Waals surface area contributed by atoms with Crippen LogP contribution in [-0.4, -0.2) is 31.1 Å². The van der Waals surface area contributed by atoms with Gasteiger partial charge in [0.25, 0.3) is 0 Å². The third-order valence-electron chi connectivity index (χ3n) is 2.54. The molecule has 0 aliphatic carbocycles. The molecule has 0 aliphatic rings. The summed E-state index contributed by atoms with van der Waals surface area (Å²) in [5, 5.41) is -0.335. The van der Waals surface area contributed by atoms with Crippen molar-refractivity contribution in [2.24, 2.45) is 5.92 Å². The molecule has 0 saturated heterocycles. The maximum Gasteiger partial charge on any atom is 0.216 e. The molecule has 0 bridgehead atoms. The molecule has 80 valence electrons. The van der Waals surface area contributed by atoms with E-state index in [0.717, 1.165) is 0 Å². The predicted molar refractivity (Wildman–Crippen MR) is 56.1 cm³/mol. The van der Waals surface area contributed by atoms with Crippen molar-refractivity contribution in [2.75, 3.05) is 7.05 Å². The van der Waals surface area contributed by atoms with Crippen molar-refractivity contribution in [2.45, 2.75) is 45.9 Å². The van der Waals surface area contributed by atoms with E-state index in [-0.39, 0.29) is 11.3 Å². The Bertz CT molecular complexity index is 244. The Kier molecular flexibility index (Phi) is 4.39. The summed E-state index contributed by atoms with van der Waals surface area (Å²) < 4.78 is 24.9. The number of nitrogens with zero attached hydrogens (tertiary/aromatic N) is 1. The lowest BCUT2D eigenvalue weighted by atomic mass is 10.1. The van der Waals surface area contributed by atoms with Crippen molar-refractivity contribution in [3.05, 3.63) is 0 Å². The van der Waals surface area contributed by atoms with Crippen LogP contribution in [0, 0.1) is 5.92 Å². The number of hydrogen-bond donors (Lipinski definition) is 0. The summed E-state index contributed by atoms with van der Waals surface area (Å²) in [5.74, 6) is 0.346. The van der Waals surface area contributed by atoms with Crippen molar-refractivity contribution in [3.8, 4) is 0 Å². The number of rotatable bonds is 4. The summed E-state index contributed by atoms with van der Waals surface area (Å²) in [4.78, 5) is 0. The molecular weight excluding hydrogens is 186 g/mol. The third-order valence-corrected chi connectivity index (χ3v) is 4.86. The minimum atomic E-state index is -3.09. The highest BCUT2D eigenvalue weighted by Crippen LogP contribution is 2.15. The van der Waals surface area contributed by atoms with Crippen molar-refractivity contribution in [1.82, 2.24) is 4.31 Å². The van der Waals surface area contributed by atoms with Crippen LogP contribution in [0.5, 0.6) is 0 Å². The molecule has 1 unspecified atom stereocenters. The zero-order chi connectivity index (χ0) is 10.8. The van der Waals surface area contributed by atoms with Crippen molar-refractivity contribution in [1.29, 1.82) is 0 Å². The van der Waals surface area contributed by atoms with E-state index in [2.05, 4.69) is 0 Å². The van der Waals surface area contributed by atoms with Gasteiger partial charge in [-0.05, 0) is 26.7 Å². The maximum atomic E-state index is 11.7. The zero-order valence-electron chi connectivity index (χ0n) is 9.40. The molecule has 0 spiro atoms. The molecule has 0 aromatic carbocycles. The van der Waals surface area contributed by atoms with Crippen LogP contribution < -0.4 is 0 Å². The Labute approximate surface area is 82.2 Å². The van der Waals surface area contributed by atoms with Gasteiger partial charge in [0, 0.05) is 13.1 Å². The van der Waals surface area contributed by atoms with Gasteiger partial charge in [-0.3, -0.25) is 0 Å². The van der Waals surface area contributed by atoms with E-state index in [0.29, 0.717) is 5.92 Å². The third kappa shape index (κ3) is 2.95. The van der Waals surface area contributed by atoms with E-state index in [1.165, 1.54) is 4.31 Å². The first-order valence-electron chi connectivity index (χ1n) is 4.68. The van der Waals surface area contributed by atoms with Gasteiger partial charge in [-0.25, -0.2) is 12.7 Å². The fraction of sp³-hybridized carbons (Fsp3) is 1.00. The second-order valence-electron chi connectivity index (χ2n) is 4.09. The molecule has 4 heteroatoms. The lowest BCUT2D eigenvalue weighted by molar-refractivity contribution is 0.313. The molecule has 13 heavy (non-hydrogen) atoms. The fourth-order valence-corrected chi connectivity index (χ4v) is 2.36. The lowest BCUT2D eigenvalue weighted by Gasteiger charge is -2.28. The van der Waals surface area contributed by atoms with Crippen LogP contribution in [0.25, 0.3) is 0 Å². The molecule has 0 saturated carbocycles. The first-order chi connectivity index (χ1) is 5.71. The minimum Gasteiger partial charge on any atom is -0.212 e. The quantitative estimate of drug-likeness (QED) is 0.703. The van der Waals surface area contributed by atoms with Gasteiger partial charge in [0.15, 0.2) is 0 Å². The molecule has 0 aromatic heterocycles. The van der Waals surface area contributed by atoms with Crippen molar-refractivity contribution in [3.63, 3.8) is 0 Å². The number of sulfonamides is 1. The van der Waals surface area contributed by atoms with E-state index >= 15 is 0 Å². The molecule has 0 fully saturated rings. The van der Waals surface area contributed by atoms with Gasteiger partial charge in [0.1, 0.15) is 0 Å². The molecule has 0 aliphatic heterocycles. The van der Waals surface area contributed by atoms with Crippen molar-refractivity contribution >= 4 is 10.0 Å². The lowest BCUT2D eigenvalue weighted by Crippen LogP contribution is -2.41. The van der Waals surface area contributed by atoms with Crippen LogP contribution in [0.15, 0.2) is 0 Å². The van der Waals surface area contributed by atoms with Gasteiger partial charge >= 0.3 is 0 Å². The first kappa shape index (κ1) is 12.9. The summed E-state index contributed by atoms with van der Waals surface area (Å²) >= 11 is 0. The average molecular weight is 207 g/mol. The first-order valence-corrected chi connectivity index (χ1v) is 6.18. The average Bonchev–Trinajstić information content (AvgIpc) is 2.01. The molecule has 0 radical (unpaired) electrons. The van der Waals surface area contributed by atoms with E-state index in [4.69, 9.17) is 0 Å². The number of hydrogen-bond acceptors (Lipinski definition) is 2. The Morgan fingerprint density at radius 2 is 1.38 bits per heavy atom. The largest absolute Gasteiger partial charge is 0.216 e. The SMILES string of the molecule is CC(C)C(C)N(C)S(=O)(=O)C(C)C. The monoisotopic (exact) mass is 207 g/mol. The highest BCUT2D eigenvalue weighted by Gasteiger charge is 2.27. The molecule has 3 nitrogen and oxygen atoms in total. The molecule has 0 N–H and O–H groups in total. The standard InChI is InChI=1S/C9H21NO2S/c1-7(2)9(5)10(6)13(11,12)8(3)4/h7-9H,1-6H3. The zero-order valence-corrected chi connectivity index (χ0v) is 10.2. The van der Waals surface area contributed by atoms with Crippen LogP contribution >= 0.6 is 0 Å². The Morgan fingerprint density at radius 3 is 1.62 bits per heavy atom. The van der Waals surface area contributed by atoms with Gasteiger partial charge in [-0.1, -0.05) is 13.8 Å². The van der Waals surface area contributed by atoms with E-state index < -0.39 is 10.0 Å². The smallest absolute Gasteiger partial charge is 0.212 e. The van der Waals surface area contributed by atoms with Crippen LogP contribution in [0.4, 0.5) is 0 Å².